The van der Waals surface area contributed by atoms with E-state index in [2.05, 4.69) is 20.8 Å². The minimum Gasteiger partial charge on any atom is -0.388 e. The summed E-state index contributed by atoms with van der Waals surface area (Å²) in [6.45, 7) is 6.29. The van der Waals surface area contributed by atoms with Crippen LogP contribution in [0.15, 0.2) is 30.3 Å². The van der Waals surface area contributed by atoms with Crippen molar-refractivity contribution in [3.05, 3.63) is 35.9 Å². The van der Waals surface area contributed by atoms with E-state index in [9.17, 15) is 9.90 Å². The Hall–Kier alpha value is -1.15. The molecule has 19 heavy (non-hydrogen) atoms. The normalized spacial score (nSPS) is 29.5. The van der Waals surface area contributed by atoms with Gasteiger partial charge in [0, 0.05) is 5.92 Å². The molecule has 2 rings (SSSR count). The molecule has 2 nitrogen and oxygen atoms in total. The van der Waals surface area contributed by atoms with Crippen LogP contribution >= 0.6 is 0 Å². The molecule has 2 heteroatoms. The topological polar surface area (TPSA) is 37.3 Å². The van der Waals surface area contributed by atoms with Crippen molar-refractivity contribution in [1.29, 1.82) is 0 Å². The minimum atomic E-state index is -0.662. The summed E-state index contributed by atoms with van der Waals surface area (Å²) >= 11 is 0. The van der Waals surface area contributed by atoms with Crippen molar-refractivity contribution in [3.8, 4) is 0 Å². The molecule has 1 N–H and O–H groups in total. The van der Waals surface area contributed by atoms with Gasteiger partial charge < -0.3 is 5.11 Å². The van der Waals surface area contributed by atoms with Crippen molar-refractivity contribution in [2.24, 2.45) is 23.7 Å². The molecular weight excluding hydrogens is 236 g/mol. The first-order chi connectivity index (χ1) is 9.02. The Bertz CT molecular complexity index is 424. The van der Waals surface area contributed by atoms with Crippen LogP contribution in [0.3, 0.4) is 0 Å². The lowest BCUT2D eigenvalue weighted by Crippen LogP contribution is -2.39. The lowest BCUT2D eigenvalue weighted by molar-refractivity contribution is -0.138. The van der Waals surface area contributed by atoms with E-state index in [0.29, 0.717) is 5.92 Å². The summed E-state index contributed by atoms with van der Waals surface area (Å²) in [5.74, 6) is 0.747. The van der Waals surface area contributed by atoms with E-state index in [0.717, 1.165) is 18.4 Å². The van der Waals surface area contributed by atoms with Gasteiger partial charge in [-0.1, -0.05) is 51.1 Å². The zero-order valence-electron chi connectivity index (χ0n) is 12.0. The summed E-state index contributed by atoms with van der Waals surface area (Å²) in [4.78, 5) is 12.6. The van der Waals surface area contributed by atoms with Gasteiger partial charge in [0.05, 0.1) is 12.0 Å². The average Bonchev–Trinajstić information content (AvgIpc) is 2.39. The Morgan fingerprint density at radius 2 is 1.79 bits per heavy atom. The number of aliphatic hydroxyl groups is 1. The smallest absolute Gasteiger partial charge is 0.142 e. The number of hydrogen-bond donors (Lipinski definition) is 1. The van der Waals surface area contributed by atoms with E-state index < -0.39 is 6.10 Å². The number of hydrogen-bond acceptors (Lipinski definition) is 2. The van der Waals surface area contributed by atoms with Gasteiger partial charge >= 0.3 is 0 Å². The number of carbonyl (C=O) groups excluding carboxylic acids is 1. The molecule has 1 aromatic rings. The van der Waals surface area contributed by atoms with E-state index >= 15 is 0 Å². The van der Waals surface area contributed by atoms with Crippen LogP contribution in [0.4, 0.5) is 0 Å². The third-order valence-corrected chi connectivity index (χ3v) is 4.53. The molecule has 0 radical (unpaired) electrons. The Labute approximate surface area is 115 Å². The Morgan fingerprint density at radius 1 is 1.16 bits per heavy atom. The molecule has 1 aliphatic rings. The van der Waals surface area contributed by atoms with Crippen molar-refractivity contribution < 1.29 is 9.90 Å². The van der Waals surface area contributed by atoms with Gasteiger partial charge in [-0.2, -0.15) is 0 Å². The van der Waals surface area contributed by atoms with Gasteiger partial charge in [0.1, 0.15) is 5.78 Å². The van der Waals surface area contributed by atoms with E-state index in [-0.39, 0.29) is 23.5 Å². The van der Waals surface area contributed by atoms with Crippen LogP contribution < -0.4 is 0 Å². The zero-order chi connectivity index (χ0) is 14.0. The van der Waals surface area contributed by atoms with E-state index in [1.54, 1.807) is 0 Å². The first-order valence-electron chi connectivity index (χ1n) is 7.29. The van der Waals surface area contributed by atoms with Gasteiger partial charge in [0.25, 0.3) is 0 Å². The largest absolute Gasteiger partial charge is 0.388 e. The molecule has 1 fully saturated rings. The molecule has 0 amide bonds. The van der Waals surface area contributed by atoms with Crippen molar-refractivity contribution in [1.82, 2.24) is 0 Å². The molecule has 0 unspecified atom stereocenters. The van der Waals surface area contributed by atoms with Gasteiger partial charge in [-0.15, -0.1) is 0 Å². The van der Waals surface area contributed by atoms with Gasteiger partial charge in [-0.05, 0) is 30.2 Å². The maximum absolute atomic E-state index is 12.6. The van der Waals surface area contributed by atoms with E-state index in [1.165, 1.54) is 0 Å². The van der Waals surface area contributed by atoms with Gasteiger partial charge in [0.2, 0.25) is 0 Å². The fourth-order valence-electron chi connectivity index (χ4n) is 3.28. The quantitative estimate of drug-likeness (QED) is 0.901. The predicted octanol–water partition coefficient (Wildman–Crippen LogP) is 3.61. The lowest BCUT2D eigenvalue weighted by Gasteiger charge is -2.37. The maximum Gasteiger partial charge on any atom is 0.142 e. The highest BCUT2D eigenvalue weighted by Crippen LogP contribution is 2.40. The van der Waals surface area contributed by atoms with E-state index in [4.69, 9.17) is 0 Å². The number of Topliss-reactive ketones (excluding diaryl/α,β-unsaturated/α-hetero) is 1. The monoisotopic (exact) mass is 260 g/mol. The fourth-order valence-corrected chi connectivity index (χ4v) is 3.28. The Balaban J connectivity index is 2.23. The first-order valence-corrected chi connectivity index (χ1v) is 7.29. The van der Waals surface area contributed by atoms with Crippen LogP contribution in [0.25, 0.3) is 0 Å². The zero-order valence-corrected chi connectivity index (χ0v) is 12.0. The second-order valence-electron chi connectivity index (χ2n) is 6.19. The predicted molar refractivity (Wildman–Crippen MR) is 76.6 cm³/mol. The minimum absolute atomic E-state index is 0.111. The number of carbonyl (C=O) groups is 1. The fraction of sp³-hybridized carbons (Fsp3) is 0.588. The molecule has 1 saturated carbocycles. The highest BCUT2D eigenvalue weighted by Gasteiger charge is 2.41. The third-order valence-electron chi connectivity index (χ3n) is 4.53. The molecular formula is C17H24O2. The number of benzene rings is 1. The summed E-state index contributed by atoms with van der Waals surface area (Å²) in [5, 5.41) is 10.6. The van der Waals surface area contributed by atoms with Crippen molar-refractivity contribution >= 4 is 5.78 Å². The standard InChI is InChI=1S/C17H24O2/c1-11(2)14-10-9-12(3)15(17(14)19)16(18)13-7-5-4-6-8-13/h4-8,11-12,14-16,18H,9-10H2,1-3H3/t12-,14-,15-,16+/m1/s1. The molecule has 1 aromatic carbocycles. The SMILES string of the molecule is CC(C)[C@H]1CC[C@@H](C)[C@H]([C@@H](O)c2ccccc2)C1=O. The highest BCUT2D eigenvalue weighted by atomic mass is 16.3. The summed E-state index contributed by atoms with van der Waals surface area (Å²) < 4.78 is 0. The molecule has 1 aliphatic carbocycles. The van der Waals surface area contributed by atoms with Crippen LogP contribution in [0.1, 0.15) is 45.3 Å². The van der Waals surface area contributed by atoms with Gasteiger partial charge in [-0.3, -0.25) is 4.79 Å². The van der Waals surface area contributed by atoms with Crippen molar-refractivity contribution in [2.45, 2.75) is 39.7 Å². The van der Waals surface area contributed by atoms with Crippen molar-refractivity contribution in [3.63, 3.8) is 0 Å². The van der Waals surface area contributed by atoms with Crippen LogP contribution in [0.5, 0.6) is 0 Å². The summed E-state index contributed by atoms with van der Waals surface area (Å²) in [7, 11) is 0. The summed E-state index contributed by atoms with van der Waals surface area (Å²) in [6.07, 6.45) is 1.34. The Morgan fingerprint density at radius 3 is 2.37 bits per heavy atom. The highest BCUT2D eigenvalue weighted by molar-refractivity contribution is 5.85. The van der Waals surface area contributed by atoms with Crippen LogP contribution in [-0.4, -0.2) is 10.9 Å². The summed E-state index contributed by atoms with van der Waals surface area (Å²) in [5.41, 5.74) is 0.858. The van der Waals surface area contributed by atoms with Gasteiger partial charge in [0.15, 0.2) is 0 Å². The van der Waals surface area contributed by atoms with Crippen molar-refractivity contribution in [2.75, 3.05) is 0 Å². The third kappa shape index (κ3) is 2.89. The molecule has 0 saturated heterocycles. The van der Waals surface area contributed by atoms with E-state index in [1.807, 2.05) is 30.3 Å². The molecule has 0 aromatic heterocycles. The lowest BCUT2D eigenvalue weighted by atomic mass is 9.67. The van der Waals surface area contributed by atoms with Crippen LogP contribution in [-0.2, 0) is 4.79 Å². The maximum atomic E-state index is 12.6. The number of aliphatic hydroxyl groups excluding tert-OH is 1. The summed E-state index contributed by atoms with van der Waals surface area (Å²) in [6, 6.07) is 9.57. The second-order valence-corrected chi connectivity index (χ2v) is 6.19. The first kappa shape index (κ1) is 14.3. The van der Waals surface area contributed by atoms with Gasteiger partial charge in [-0.25, -0.2) is 0 Å². The molecule has 0 heterocycles. The molecule has 4 atom stereocenters. The molecule has 0 spiro atoms. The number of ketones is 1. The average molecular weight is 260 g/mol. The second kappa shape index (κ2) is 5.87. The molecule has 104 valence electrons. The van der Waals surface area contributed by atoms with Crippen LogP contribution in [0, 0.1) is 23.7 Å². The Kier molecular flexibility index (Phi) is 4.41. The molecule has 0 bridgehead atoms. The molecule has 0 aliphatic heterocycles. The number of rotatable bonds is 3. The van der Waals surface area contributed by atoms with Crippen LogP contribution in [0.2, 0.25) is 0 Å².